The lowest BCUT2D eigenvalue weighted by molar-refractivity contribution is 0.0453. The maximum atomic E-state index is 12.2. The smallest absolute Gasteiger partial charge is 0.170 e. The van der Waals surface area contributed by atoms with E-state index in [4.69, 9.17) is 16.3 Å². The van der Waals surface area contributed by atoms with Crippen molar-refractivity contribution in [2.45, 2.75) is 64.4 Å². The Kier molecular flexibility index (Phi) is 5.09. The van der Waals surface area contributed by atoms with Gasteiger partial charge in [-0.2, -0.15) is 0 Å². The van der Waals surface area contributed by atoms with Gasteiger partial charge >= 0.3 is 0 Å². The van der Waals surface area contributed by atoms with E-state index in [1.165, 1.54) is 25.7 Å². The second-order valence-corrected chi connectivity index (χ2v) is 6.39. The van der Waals surface area contributed by atoms with E-state index in [9.17, 15) is 4.79 Å². The number of fused-ring (bicyclic) bond motifs is 1. The molecule has 1 unspecified atom stereocenters. The van der Waals surface area contributed by atoms with E-state index >= 15 is 0 Å². The molecular formula is C17H23ClO2. The maximum Gasteiger partial charge on any atom is 0.170 e. The van der Waals surface area contributed by atoms with Gasteiger partial charge in [-0.05, 0) is 38.0 Å². The molecule has 0 bridgehead atoms. The molecule has 0 fully saturated rings. The lowest BCUT2D eigenvalue weighted by atomic mass is 9.87. The Morgan fingerprint density at radius 3 is 2.75 bits per heavy atom. The summed E-state index contributed by atoms with van der Waals surface area (Å²) in [6, 6.07) is 5.30. The number of carbonyl (C=O) groups excluding carboxylic acids is 1. The van der Waals surface area contributed by atoms with Gasteiger partial charge < -0.3 is 4.74 Å². The molecule has 2 rings (SSSR count). The van der Waals surface area contributed by atoms with Crippen LogP contribution in [0.5, 0.6) is 5.75 Å². The van der Waals surface area contributed by atoms with Crippen molar-refractivity contribution in [3.8, 4) is 5.75 Å². The van der Waals surface area contributed by atoms with Gasteiger partial charge in [-0.3, -0.25) is 4.79 Å². The molecule has 1 aromatic carbocycles. The van der Waals surface area contributed by atoms with Crippen LogP contribution in [0.4, 0.5) is 0 Å². The number of carbonyl (C=O) groups is 1. The first-order valence-corrected chi connectivity index (χ1v) is 7.94. The van der Waals surface area contributed by atoms with Gasteiger partial charge in [0.15, 0.2) is 5.78 Å². The van der Waals surface area contributed by atoms with Crippen molar-refractivity contribution >= 4 is 17.4 Å². The SMILES string of the molecule is CCCCCCCC1(C)CC(=O)c2cc(Cl)ccc2O1. The van der Waals surface area contributed by atoms with E-state index in [2.05, 4.69) is 6.92 Å². The Balaban J connectivity index is 1.98. The predicted molar refractivity (Wildman–Crippen MR) is 82.8 cm³/mol. The number of hydrogen-bond donors (Lipinski definition) is 0. The highest BCUT2D eigenvalue weighted by molar-refractivity contribution is 6.31. The Bertz CT molecular complexity index is 484. The number of hydrogen-bond acceptors (Lipinski definition) is 2. The van der Waals surface area contributed by atoms with Crippen LogP contribution in [0.25, 0.3) is 0 Å². The largest absolute Gasteiger partial charge is 0.486 e. The summed E-state index contributed by atoms with van der Waals surface area (Å²) >= 11 is 5.94. The summed E-state index contributed by atoms with van der Waals surface area (Å²) in [6.07, 6.45) is 7.53. The summed E-state index contributed by atoms with van der Waals surface area (Å²) in [6.45, 7) is 4.26. The van der Waals surface area contributed by atoms with Crippen LogP contribution >= 0.6 is 11.6 Å². The monoisotopic (exact) mass is 294 g/mol. The van der Waals surface area contributed by atoms with Crippen molar-refractivity contribution in [2.75, 3.05) is 0 Å². The van der Waals surface area contributed by atoms with Crippen molar-refractivity contribution in [2.24, 2.45) is 0 Å². The lowest BCUT2D eigenvalue weighted by Gasteiger charge is -2.35. The first kappa shape index (κ1) is 15.4. The molecule has 1 aromatic rings. The standard InChI is InChI=1S/C17H23ClO2/c1-3-4-5-6-7-10-17(2)12-15(19)14-11-13(18)8-9-16(14)20-17/h8-9,11H,3-7,10,12H2,1-2H3. The fourth-order valence-corrected chi connectivity index (χ4v) is 2.96. The Morgan fingerprint density at radius 2 is 2.00 bits per heavy atom. The second-order valence-electron chi connectivity index (χ2n) is 5.96. The number of unbranched alkanes of at least 4 members (excludes halogenated alkanes) is 4. The van der Waals surface area contributed by atoms with E-state index in [0.717, 1.165) is 12.8 Å². The minimum atomic E-state index is -0.357. The normalized spacial score (nSPS) is 21.4. The molecule has 1 atom stereocenters. The zero-order valence-corrected chi connectivity index (χ0v) is 13.1. The summed E-state index contributed by atoms with van der Waals surface area (Å²) in [5, 5.41) is 0.587. The van der Waals surface area contributed by atoms with Crippen LogP contribution in [0, 0.1) is 0 Å². The maximum absolute atomic E-state index is 12.2. The van der Waals surface area contributed by atoms with Crippen LogP contribution < -0.4 is 4.74 Å². The third-order valence-corrected chi connectivity index (χ3v) is 4.18. The molecule has 0 radical (unpaired) electrons. The van der Waals surface area contributed by atoms with Gasteiger partial charge in [0, 0.05) is 5.02 Å². The summed E-state index contributed by atoms with van der Waals surface area (Å²) in [5.41, 5.74) is 0.269. The van der Waals surface area contributed by atoms with Gasteiger partial charge in [-0.25, -0.2) is 0 Å². The Hall–Kier alpha value is -1.02. The fourth-order valence-electron chi connectivity index (χ4n) is 2.79. The fraction of sp³-hybridized carbons (Fsp3) is 0.588. The molecule has 1 heterocycles. The van der Waals surface area contributed by atoms with Crippen molar-refractivity contribution < 1.29 is 9.53 Å². The molecule has 0 N–H and O–H groups in total. The van der Waals surface area contributed by atoms with Gasteiger partial charge in [-0.1, -0.05) is 44.2 Å². The van der Waals surface area contributed by atoms with E-state index in [1.54, 1.807) is 12.1 Å². The number of ketones is 1. The zero-order valence-electron chi connectivity index (χ0n) is 12.4. The van der Waals surface area contributed by atoms with Crippen molar-refractivity contribution in [1.29, 1.82) is 0 Å². The summed E-state index contributed by atoms with van der Waals surface area (Å²) in [4.78, 5) is 12.2. The van der Waals surface area contributed by atoms with Crippen LogP contribution in [-0.4, -0.2) is 11.4 Å². The van der Waals surface area contributed by atoms with Crippen LogP contribution in [0.15, 0.2) is 18.2 Å². The highest BCUT2D eigenvalue weighted by atomic mass is 35.5. The third kappa shape index (κ3) is 3.76. The van der Waals surface area contributed by atoms with E-state index in [-0.39, 0.29) is 11.4 Å². The highest BCUT2D eigenvalue weighted by Crippen LogP contribution is 2.37. The van der Waals surface area contributed by atoms with Gasteiger partial charge in [0.25, 0.3) is 0 Å². The summed E-state index contributed by atoms with van der Waals surface area (Å²) in [5.74, 6) is 0.825. The summed E-state index contributed by atoms with van der Waals surface area (Å²) in [7, 11) is 0. The molecule has 0 amide bonds. The van der Waals surface area contributed by atoms with Crippen molar-refractivity contribution in [1.82, 2.24) is 0 Å². The zero-order chi connectivity index (χ0) is 14.6. The molecule has 3 heteroatoms. The van der Waals surface area contributed by atoms with Crippen LogP contribution in [-0.2, 0) is 0 Å². The van der Waals surface area contributed by atoms with E-state index < -0.39 is 0 Å². The number of rotatable bonds is 6. The molecule has 0 saturated heterocycles. The number of ether oxygens (including phenoxy) is 1. The minimum Gasteiger partial charge on any atom is -0.486 e. The summed E-state index contributed by atoms with van der Waals surface area (Å²) < 4.78 is 6.07. The van der Waals surface area contributed by atoms with Crippen LogP contribution in [0.1, 0.15) is 69.2 Å². The van der Waals surface area contributed by atoms with Gasteiger partial charge in [-0.15, -0.1) is 0 Å². The first-order chi connectivity index (χ1) is 9.54. The molecule has 20 heavy (non-hydrogen) atoms. The highest BCUT2D eigenvalue weighted by Gasteiger charge is 2.35. The lowest BCUT2D eigenvalue weighted by Crippen LogP contribution is -2.39. The number of halogens is 1. The van der Waals surface area contributed by atoms with Crippen molar-refractivity contribution in [3.05, 3.63) is 28.8 Å². The molecule has 2 nitrogen and oxygen atoms in total. The third-order valence-electron chi connectivity index (χ3n) is 3.94. The van der Waals surface area contributed by atoms with Crippen LogP contribution in [0.2, 0.25) is 5.02 Å². The van der Waals surface area contributed by atoms with Gasteiger partial charge in [0.1, 0.15) is 11.4 Å². The van der Waals surface area contributed by atoms with Crippen molar-refractivity contribution in [3.63, 3.8) is 0 Å². The predicted octanol–water partition coefficient (Wildman–Crippen LogP) is 5.42. The average molecular weight is 295 g/mol. The molecule has 0 spiro atoms. The van der Waals surface area contributed by atoms with Gasteiger partial charge in [0.05, 0.1) is 12.0 Å². The number of benzene rings is 1. The average Bonchev–Trinajstić information content (AvgIpc) is 2.39. The Labute approximate surface area is 126 Å². The number of Topliss-reactive ketones (excluding diaryl/α,β-unsaturated/α-hetero) is 1. The van der Waals surface area contributed by atoms with E-state index in [0.29, 0.717) is 22.8 Å². The topological polar surface area (TPSA) is 26.3 Å². The van der Waals surface area contributed by atoms with Crippen LogP contribution in [0.3, 0.4) is 0 Å². The van der Waals surface area contributed by atoms with Gasteiger partial charge in [0.2, 0.25) is 0 Å². The molecule has 0 aliphatic carbocycles. The molecule has 1 aliphatic rings. The van der Waals surface area contributed by atoms with E-state index in [1.807, 2.05) is 13.0 Å². The minimum absolute atomic E-state index is 0.143. The molecular weight excluding hydrogens is 272 g/mol. The molecule has 0 saturated carbocycles. The molecule has 110 valence electrons. The molecule has 0 aromatic heterocycles. The Morgan fingerprint density at radius 1 is 1.25 bits per heavy atom. The first-order valence-electron chi connectivity index (χ1n) is 7.56. The second kappa shape index (κ2) is 6.62. The molecule has 1 aliphatic heterocycles. The quantitative estimate of drug-likeness (QED) is 0.654.